The summed E-state index contributed by atoms with van der Waals surface area (Å²) in [5, 5.41) is 9.70. The van der Waals surface area contributed by atoms with Crippen molar-refractivity contribution in [3.05, 3.63) is 47.2 Å². The molecule has 1 aliphatic heterocycles. The van der Waals surface area contributed by atoms with E-state index < -0.39 is 0 Å². The van der Waals surface area contributed by atoms with Crippen molar-refractivity contribution in [1.29, 1.82) is 5.26 Å². The molecule has 6 nitrogen and oxygen atoms in total. The van der Waals surface area contributed by atoms with Gasteiger partial charge in [-0.15, -0.1) is 0 Å². The van der Waals surface area contributed by atoms with Crippen LogP contribution in [0.2, 0.25) is 5.02 Å². The van der Waals surface area contributed by atoms with Crippen LogP contribution in [-0.4, -0.2) is 35.5 Å². The van der Waals surface area contributed by atoms with Crippen LogP contribution in [0, 0.1) is 23.2 Å². The van der Waals surface area contributed by atoms with E-state index in [0.29, 0.717) is 35.7 Å². The lowest BCUT2D eigenvalue weighted by Gasteiger charge is -2.34. The van der Waals surface area contributed by atoms with Crippen LogP contribution in [-0.2, 0) is 4.79 Å². The molecule has 4 rings (SSSR count). The number of amides is 1. The lowest BCUT2D eigenvalue weighted by Crippen LogP contribution is -2.44. The van der Waals surface area contributed by atoms with E-state index in [9.17, 15) is 4.79 Å². The highest BCUT2D eigenvalue weighted by Crippen LogP contribution is 2.33. The second-order valence-electron chi connectivity index (χ2n) is 7.48. The van der Waals surface area contributed by atoms with Crippen LogP contribution in [0.15, 0.2) is 36.5 Å². The predicted octanol–water partition coefficient (Wildman–Crippen LogP) is 3.66. The SMILES string of the molecule is N#Cc1ccnc(N2CCC(C(=O)N(CC3CC3)c3ccc(Cl)cc3)CC2)n1. The topological polar surface area (TPSA) is 73.1 Å². The zero-order valence-electron chi connectivity index (χ0n) is 15.6. The van der Waals surface area contributed by atoms with Gasteiger partial charge in [0.25, 0.3) is 0 Å². The minimum atomic E-state index is -0.00942. The average Bonchev–Trinajstić information content (AvgIpc) is 3.57. The molecule has 1 amide bonds. The lowest BCUT2D eigenvalue weighted by atomic mass is 9.95. The van der Waals surface area contributed by atoms with E-state index in [1.165, 1.54) is 12.8 Å². The van der Waals surface area contributed by atoms with Gasteiger partial charge in [-0.05, 0) is 61.9 Å². The Morgan fingerprint density at radius 3 is 2.54 bits per heavy atom. The third kappa shape index (κ3) is 4.26. The van der Waals surface area contributed by atoms with Crippen molar-refractivity contribution in [3.8, 4) is 6.07 Å². The van der Waals surface area contributed by atoms with Gasteiger partial charge in [0.15, 0.2) is 0 Å². The third-order valence-corrected chi connectivity index (χ3v) is 5.68. The molecule has 1 aromatic heterocycles. The van der Waals surface area contributed by atoms with Crippen LogP contribution in [0.5, 0.6) is 0 Å². The molecule has 1 aromatic carbocycles. The molecule has 0 spiro atoms. The molecular weight excluding hydrogens is 374 g/mol. The molecule has 2 heterocycles. The summed E-state index contributed by atoms with van der Waals surface area (Å²) in [6.45, 7) is 2.21. The van der Waals surface area contributed by atoms with Crippen molar-refractivity contribution >= 4 is 29.1 Å². The summed E-state index contributed by atoms with van der Waals surface area (Å²) >= 11 is 6.02. The monoisotopic (exact) mass is 395 g/mol. The molecule has 2 aromatic rings. The van der Waals surface area contributed by atoms with Crippen LogP contribution in [0.25, 0.3) is 0 Å². The minimum absolute atomic E-state index is 0.00942. The van der Waals surface area contributed by atoms with Crippen LogP contribution in [0.4, 0.5) is 11.6 Å². The summed E-state index contributed by atoms with van der Waals surface area (Å²) in [5.74, 6) is 1.37. The Morgan fingerprint density at radius 2 is 1.89 bits per heavy atom. The van der Waals surface area contributed by atoms with Gasteiger partial charge in [0, 0.05) is 42.5 Å². The Balaban J connectivity index is 1.43. The van der Waals surface area contributed by atoms with Crippen molar-refractivity contribution < 1.29 is 4.79 Å². The number of nitriles is 1. The Kier molecular flexibility index (Phi) is 5.45. The molecule has 144 valence electrons. The number of hydrogen-bond donors (Lipinski definition) is 0. The number of halogens is 1. The van der Waals surface area contributed by atoms with Gasteiger partial charge in [-0.3, -0.25) is 4.79 Å². The number of carbonyl (C=O) groups is 1. The quantitative estimate of drug-likeness (QED) is 0.772. The van der Waals surface area contributed by atoms with Crippen molar-refractivity contribution in [2.45, 2.75) is 25.7 Å². The van der Waals surface area contributed by atoms with Crippen LogP contribution in [0.1, 0.15) is 31.4 Å². The largest absolute Gasteiger partial charge is 0.341 e. The standard InChI is InChI=1S/C21H22ClN5O/c22-17-3-5-19(6-4-17)27(14-15-1-2-15)20(28)16-8-11-26(12-9-16)21-24-10-7-18(13-23)25-21/h3-7,10,15-16H,1-2,8-9,11-12,14H2. The highest BCUT2D eigenvalue weighted by Gasteiger charge is 2.33. The van der Waals surface area contributed by atoms with Crippen molar-refractivity contribution in [2.24, 2.45) is 11.8 Å². The average molecular weight is 396 g/mol. The number of piperidine rings is 1. The number of benzene rings is 1. The van der Waals surface area contributed by atoms with Crippen LogP contribution >= 0.6 is 11.6 Å². The highest BCUT2D eigenvalue weighted by atomic mass is 35.5. The zero-order chi connectivity index (χ0) is 19.5. The molecule has 2 fully saturated rings. The summed E-state index contributed by atoms with van der Waals surface area (Å²) in [7, 11) is 0. The van der Waals surface area contributed by atoms with Gasteiger partial charge in [-0.2, -0.15) is 5.26 Å². The maximum Gasteiger partial charge on any atom is 0.230 e. The second kappa shape index (κ2) is 8.15. The fourth-order valence-corrected chi connectivity index (χ4v) is 3.74. The van der Waals surface area contributed by atoms with E-state index in [0.717, 1.165) is 25.1 Å². The van der Waals surface area contributed by atoms with Crippen LogP contribution in [0.3, 0.4) is 0 Å². The van der Waals surface area contributed by atoms with Crippen molar-refractivity contribution in [2.75, 3.05) is 29.4 Å². The Hall–Kier alpha value is -2.65. The van der Waals surface area contributed by atoms with Crippen molar-refractivity contribution in [1.82, 2.24) is 9.97 Å². The molecule has 2 aliphatic rings. The second-order valence-corrected chi connectivity index (χ2v) is 7.92. The smallest absolute Gasteiger partial charge is 0.230 e. The first kappa shape index (κ1) is 18.7. The number of nitrogens with zero attached hydrogens (tertiary/aromatic N) is 5. The fourth-order valence-electron chi connectivity index (χ4n) is 3.61. The van der Waals surface area contributed by atoms with Gasteiger partial charge in [0.05, 0.1) is 0 Å². The number of carbonyl (C=O) groups excluding carboxylic acids is 1. The molecule has 0 unspecified atom stereocenters. The van der Waals surface area contributed by atoms with Gasteiger partial charge >= 0.3 is 0 Å². The molecule has 0 atom stereocenters. The summed E-state index contributed by atoms with van der Waals surface area (Å²) in [4.78, 5) is 25.8. The van der Waals surface area contributed by atoms with E-state index in [2.05, 4.69) is 14.9 Å². The fraction of sp³-hybridized carbons (Fsp3) is 0.429. The maximum absolute atomic E-state index is 13.3. The Labute approximate surface area is 169 Å². The van der Waals surface area contributed by atoms with Gasteiger partial charge in [-0.1, -0.05) is 11.6 Å². The molecule has 0 bridgehead atoms. The van der Waals surface area contributed by atoms with E-state index in [4.69, 9.17) is 16.9 Å². The first-order valence-electron chi connectivity index (χ1n) is 9.69. The molecule has 1 saturated carbocycles. The van der Waals surface area contributed by atoms with Gasteiger partial charge in [-0.25, -0.2) is 9.97 Å². The maximum atomic E-state index is 13.3. The Morgan fingerprint density at radius 1 is 1.18 bits per heavy atom. The van der Waals surface area contributed by atoms with E-state index >= 15 is 0 Å². The molecule has 28 heavy (non-hydrogen) atoms. The first-order valence-corrected chi connectivity index (χ1v) is 10.1. The van der Waals surface area contributed by atoms with Gasteiger partial charge in [0.2, 0.25) is 11.9 Å². The molecule has 1 aliphatic carbocycles. The lowest BCUT2D eigenvalue weighted by molar-refractivity contribution is -0.123. The summed E-state index contributed by atoms with van der Waals surface area (Å²) in [5.41, 5.74) is 1.29. The molecule has 0 radical (unpaired) electrons. The Bertz CT molecular complexity index is 882. The van der Waals surface area contributed by atoms with E-state index in [1.807, 2.05) is 35.2 Å². The van der Waals surface area contributed by atoms with E-state index in [1.54, 1.807) is 12.3 Å². The molecule has 0 N–H and O–H groups in total. The number of aromatic nitrogens is 2. The molecule has 7 heteroatoms. The number of rotatable bonds is 5. The number of hydrogen-bond acceptors (Lipinski definition) is 5. The minimum Gasteiger partial charge on any atom is -0.341 e. The third-order valence-electron chi connectivity index (χ3n) is 5.43. The first-order chi connectivity index (χ1) is 13.6. The molecular formula is C21H22ClN5O. The highest BCUT2D eigenvalue weighted by molar-refractivity contribution is 6.30. The van der Waals surface area contributed by atoms with Crippen LogP contribution < -0.4 is 9.80 Å². The molecule has 1 saturated heterocycles. The zero-order valence-corrected chi connectivity index (χ0v) is 16.3. The summed E-state index contributed by atoms with van der Waals surface area (Å²) < 4.78 is 0. The normalized spacial score (nSPS) is 17.2. The number of anilines is 2. The van der Waals surface area contributed by atoms with E-state index in [-0.39, 0.29) is 11.8 Å². The summed E-state index contributed by atoms with van der Waals surface area (Å²) in [6.07, 6.45) is 5.52. The van der Waals surface area contributed by atoms with Crippen molar-refractivity contribution in [3.63, 3.8) is 0 Å². The van der Waals surface area contributed by atoms with Gasteiger partial charge < -0.3 is 9.80 Å². The van der Waals surface area contributed by atoms with Gasteiger partial charge in [0.1, 0.15) is 11.8 Å². The summed E-state index contributed by atoms with van der Waals surface area (Å²) in [6, 6.07) is 11.2. The predicted molar refractivity (Wildman–Crippen MR) is 108 cm³/mol.